The summed E-state index contributed by atoms with van der Waals surface area (Å²) in [6.07, 6.45) is 2.62. The minimum absolute atomic E-state index is 0.130. The summed E-state index contributed by atoms with van der Waals surface area (Å²) in [6.45, 7) is 8.58. The van der Waals surface area contributed by atoms with E-state index in [2.05, 4.69) is 26.1 Å². The van der Waals surface area contributed by atoms with Gasteiger partial charge in [-0.3, -0.25) is 4.79 Å². The summed E-state index contributed by atoms with van der Waals surface area (Å²) in [7, 11) is 0. The molecule has 0 aromatic rings. The SMILES string of the molecule is CC(C)C[C@H](CN)CC(=O)NC(C)C1CCOC1. The molecule has 18 heavy (non-hydrogen) atoms. The second-order valence-electron chi connectivity index (χ2n) is 5.92. The van der Waals surface area contributed by atoms with Gasteiger partial charge in [-0.25, -0.2) is 0 Å². The van der Waals surface area contributed by atoms with Gasteiger partial charge in [-0.15, -0.1) is 0 Å². The predicted octanol–water partition coefficient (Wildman–Crippen LogP) is 1.54. The molecule has 0 aromatic heterocycles. The standard InChI is InChI=1S/C14H28N2O2/c1-10(2)6-12(8-15)7-14(17)16-11(3)13-4-5-18-9-13/h10-13H,4-9,15H2,1-3H3,(H,16,17)/t11?,12-,13?/m0/s1. The molecule has 1 amide bonds. The molecule has 0 aliphatic carbocycles. The minimum Gasteiger partial charge on any atom is -0.381 e. The molecule has 0 saturated carbocycles. The number of amides is 1. The van der Waals surface area contributed by atoms with E-state index in [0.717, 1.165) is 26.1 Å². The Kier molecular flexibility index (Phi) is 6.65. The maximum Gasteiger partial charge on any atom is 0.220 e. The number of nitrogens with one attached hydrogen (secondary N) is 1. The maximum atomic E-state index is 12.0. The highest BCUT2D eigenvalue weighted by Crippen LogP contribution is 2.18. The van der Waals surface area contributed by atoms with E-state index in [1.165, 1.54) is 0 Å². The number of carbonyl (C=O) groups excluding carboxylic acids is 1. The monoisotopic (exact) mass is 256 g/mol. The molecule has 0 spiro atoms. The van der Waals surface area contributed by atoms with Gasteiger partial charge in [0.2, 0.25) is 5.91 Å². The Hall–Kier alpha value is -0.610. The van der Waals surface area contributed by atoms with Gasteiger partial charge < -0.3 is 15.8 Å². The molecule has 3 N–H and O–H groups in total. The van der Waals surface area contributed by atoms with Crippen molar-refractivity contribution in [1.82, 2.24) is 5.32 Å². The van der Waals surface area contributed by atoms with Crippen LogP contribution in [0, 0.1) is 17.8 Å². The van der Waals surface area contributed by atoms with Gasteiger partial charge in [0.1, 0.15) is 0 Å². The molecule has 3 atom stereocenters. The zero-order valence-electron chi connectivity index (χ0n) is 11.9. The smallest absolute Gasteiger partial charge is 0.220 e. The minimum atomic E-state index is 0.130. The molecule has 0 aromatic carbocycles. The molecule has 1 aliphatic rings. The van der Waals surface area contributed by atoms with Crippen molar-refractivity contribution < 1.29 is 9.53 Å². The van der Waals surface area contributed by atoms with Gasteiger partial charge in [-0.05, 0) is 38.1 Å². The highest BCUT2D eigenvalue weighted by Gasteiger charge is 2.24. The fourth-order valence-corrected chi connectivity index (χ4v) is 2.57. The van der Waals surface area contributed by atoms with Crippen LogP contribution in [0.15, 0.2) is 0 Å². The van der Waals surface area contributed by atoms with Gasteiger partial charge in [0.25, 0.3) is 0 Å². The van der Waals surface area contributed by atoms with Gasteiger partial charge >= 0.3 is 0 Å². The van der Waals surface area contributed by atoms with Crippen LogP contribution in [-0.2, 0) is 9.53 Å². The van der Waals surface area contributed by atoms with E-state index in [4.69, 9.17) is 10.5 Å². The largest absolute Gasteiger partial charge is 0.381 e. The van der Waals surface area contributed by atoms with Gasteiger partial charge in [0.05, 0.1) is 6.61 Å². The van der Waals surface area contributed by atoms with Gasteiger partial charge in [0, 0.05) is 25.0 Å². The van der Waals surface area contributed by atoms with E-state index in [1.54, 1.807) is 0 Å². The van der Waals surface area contributed by atoms with Crippen LogP contribution in [0.1, 0.15) is 40.0 Å². The lowest BCUT2D eigenvalue weighted by Gasteiger charge is -2.22. The number of ether oxygens (including phenoxy) is 1. The summed E-state index contributed by atoms with van der Waals surface area (Å²) in [5.41, 5.74) is 5.72. The average molecular weight is 256 g/mol. The number of nitrogens with two attached hydrogens (primary N) is 1. The first kappa shape index (κ1) is 15.4. The van der Waals surface area contributed by atoms with E-state index in [0.29, 0.717) is 30.7 Å². The third kappa shape index (κ3) is 5.36. The molecular formula is C14H28N2O2. The maximum absolute atomic E-state index is 12.0. The lowest BCUT2D eigenvalue weighted by molar-refractivity contribution is -0.123. The topological polar surface area (TPSA) is 64.4 Å². The van der Waals surface area contributed by atoms with Crippen LogP contribution in [0.5, 0.6) is 0 Å². The van der Waals surface area contributed by atoms with Crippen molar-refractivity contribution in [2.45, 2.75) is 46.1 Å². The Balaban J connectivity index is 2.30. The molecule has 1 heterocycles. The molecular weight excluding hydrogens is 228 g/mol. The van der Waals surface area contributed by atoms with E-state index >= 15 is 0 Å². The van der Waals surface area contributed by atoms with Crippen LogP contribution in [0.4, 0.5) is 0 Å². The first-order valence-corrected chi connectivity index (χ1v) is 7.10. The van der Waals surface area contributed by atoms with Crippen molar-refractivity contribution >= 4 is 5.91 Å². The van der Waals surface area contributed by atoms with Crippen LogP contribution >= 0.6 is 0 Å². The first-order valence-electron chi connectivity index (χ1n) is 7.10. The summed E-state index contributed by atoms with van der Waals surface area (Å²) in [4.78, 5) is 12.0. The third-order valence-corrected chi connectivity index (χ3v) is 3.67. The summed E-state index contributed by atoms with van der Waals surface area (Å²) in [5, 5.41) is 3.09. The van der Waals surface area contributed by atoms with Crippen molar-refractivity contribution in [2.75, 3.05) is 19.8 Å². The molecule has 2 unspecified atom stereocenters. The molecule has 0 bridgehead atoms. The molecule has 4 heteroatoms. The quantitative estimate of drug-likeness (QED) is 0.726. The predicted molar refractivity (Wildman–Crippen MR) is 73.1 cm³/mol. The Labute approximate surface area is 111 Å². The van der Waals surface area contributed by atoms with E-state index in [1.807, 2.05) is 0 Å². The number of hydrogen-bond acceptors (Lipinski definition) is 3. The van der Waals surface area contributed by atoms with Crippen LogP contribution in [-0.4, -0.2) is 31.7 Å². The number of hydrogen-bond donors (Lipinski definition) is 2. The number of carbonyl (C=O) groups is 1. The summed E-state index contributed by atoms with van der Waals surface area (Å²) in [5.74, 6) is 1.49. The van der Waals surface area contributed by atoms with Gasteiger partial charge in [-0.1, -0.05) is 13.8 Å². The lowest BCUT2D eigenvalue weighted by atomic mass is 9.93. The number of rotatable bonds is 7. The zero-order chi connectivity index (χ0) is 13.5. The van der Waals surface area contributed by atoms with E-state index in [9.17, 15) is 4.79 Å². The molecule has 1 rings (SSSR count). The van der Waals surface area contributed by atoms with Crippen LogP contribution in [0.2, 0.25) is 0 Å². The van der Waals surface area contributed by atoms with Crippen molar-refractivity contribution in [3.63, 3.8) is 0 Å². The summed E-state index contributed by atoms with van der Waals surface area (Å²) >= 11 is 0. The second-order valence-corrected chi connectivity index (χ2v) is 5.92. The van der Waals surface area contributed by atoms with Crippen molar-refractivity contribution in [3.05, 3.63) is 0 Å². The summed E-state index contributed by atoms with van der Waals surface area (Å²) < 4.78 is 5.34. The Morgan fingerprint density at radius 1 is 1.44 bits per heavy atom. The molecule has 0 radical (unpaired) electrons. The van der Waals surface area contributed by atoms with E-state index < -0.39 is 0 Å². The second kappa shape index (κ2) is 7.74. The highest BCUT2D eigenvalue weighted by atomic mass is 16.5. The summed E-state index contributed by atoms with van der Waals surface area (Å²) in [6, 6.07) is 0.206. The van der Waals surface area contributed by atoms with Crippen LogP contribution < -0.4 is 11.1 Å². The fraction of sp³-hybridized carbons (Fsp3) is 0.929. The van der Waals surface area contributed by atoms with Gasteiger partial charge in [-0.2, -0.15) is 0 Å². The Morgan fingerprint density at radius 3 is 2.67 bits per heavy atom. The third-order valence-electron chi connectivity index (χ3n) is 3.67. The molecule has 4 nitrogen and oxygen atoms in total. The lowest BCUT2D eigenvalue weighted by Crippen LogP contribution is -2.39. The highest BCUT2D eigenvalue weighted by molar-refractivity contribution is 5.76. The van der Waals surface area contributed by atoms with Crippen molar-refractivity contribution in [3.8, 4) is 0 Å². The molecule has 106 valence electrons. The Bertz CT molecular complexity index is 244. The molecule has 1 aliphatic heterocycles. The average Bonchev–Trinajstić information content (AvgIpc) is 2.80. The van der Waals surface area contributed by atoms with Crippen molar-refractivity contribution in [1.29, 1.82) is 0 Å². The normalized spacial score (nSPS) is 23.1. The fourth-order valence-electron chi connectivity index (χ4n) is 2.57. The zero-order valence-corrected chi connectivity index (χ0v) is 11.9. The van der Waals surface area contributed by atoms with Crippen molar-refractivity contribution in [2.24, 2.45) is 23.5 Å². The Morgan fingerprint density at radius 2 is 2.17 bits per heavy atom. The van der Waals surface area contributed by atoms with E-state index in [-0.39, 0.29) is 11.9 Å². The van der Waals surface area contributed by atoms with Crippen LogP contribution in [0.3, 0.4) is 0 Å². The molecule has 1 saturated heterocycles. The first-order chi connectivity index (χ1) is 8.52. The van der Waals surface area contributed by atoms with Gasteiger partial charge in [0.15, 0.2) is 0 Å². The van der Waals surface area contributed by atoms with Crippen LogP contribution in [0.25, 0.3) is 0 Å². The molecule has 1 fully saturated rings.